The Labute approximate surface area is 91.0 Å². The van der Waals surface area contributed by atoms with Gasteiger partial charge >= 0.3 is 5.97 Å². The Hall–Kier alpha value is -1.34. The molecule has 0 saturated carbocycles. The van der Waals surface area contributed by atoms with Gasteiger partial charge in [-0.05, 0) is 18.0 Å². The molecule has 0 spiro atoms. The van der Waals surface area contributed by atoms with E-state index in [0.29, 0.717) is 6.54 Å². The van der Waals surface area contributed by atoms with Crippen LogP contribution in [0.1, 0.15) is 6.42 Å². The number of carbonyl (C=O) groups is 1. The molecule has 0 aromatic carbocycles. The van der Waals surface area contributed by atoms with Crippen molar-refractivity contribution in [1.82, 2.24) is 9.29 Å². The van der Waals surface area contributed by atoms with Crippen LogP contribution in [0.2, 0.25) is 0 Å². The largest absolute Gasteiger partial charge is 0.481 e. The maximum atomic E-state index is 10.2. The fraction of sp³-hybridized carbons (Fsp3) is 0.375. The SMILES string of the molecule is Cn1ccc(SNCCC(=O)O)c1.O=O. The summed E-state index contributed by atoms with van der Waals surface area (Å²) >= 11 is 1.45. The minimum Gasteiger partial charge on any atom is -0.481 e. The zero-order valence-corrected chi connectivity index (χ0v) is 8.99. The van der Waals surface area contributed by atoms with Gasteiger partial charge in [0, 0.05) is 40.8 Å². The van der Waals surface area contributed by atoms with Crippen molar-refractivity contribution < 1.29 is 9.90 Å². The monoisotopic (exact) mass is 232 g/mol. The summed E-state index contributed by atoms with van der Waals surface area (Å²) in [7, 11) is 1.95. The highest BCUT2D eigenvalue weighted by molar-refractivity contribution is 7.97. The standard InChI is InChI=1S/C8H12N2O2S.O2/c1-10-5-3-7(6-10)13-9-4-2-8(11)12;1-2/h3,5-6,9H,2,4H2,1H3,(H,11,12);. The van der Waals surface area contributed by atoms with E-state index in [2.05, 4.69) is 4.72 Å². The molecule has 0 aliphatic carbocycles. The van der Waals surface area contributed by atoms with Gasteiger partial charge in [-0.2, -0.15) is 0 Å². The number of rotatable bonds is 5. The first kappa shape index (κ1) is 13.7. The lowest BCUT2D eigenvalue weighted by Gasteiger charge is -1.98. The van der Waals surface area contributed by atoms with Gasteiger partial charge in [-0.1, -0.05) is 0 Å². The molecule has 0 aliphatic heterocycles. The third-order valence-electron chi connectivity index (χ3n) is 1.44. The van der Waals surface area contributed by atoms with Gasteiger partial charge in [0.15, 0.2) is 0 Å². The van der Waals surface area contributed by atoms with Crippen LogP contribution in [0.15, 0.2) is 23.4 Å². The van der Waals surface area contributed by atoms with E-state index in [-0.39, 0.29) is 6.42 Å². The van der Waals surface area contributed by atoms with Crippen molar-refractivity contribution in [3.63, 3.8) is 0 Å². The fourth-order valence-corrected chi connectivity index (χ4v) is 1.55. The molecule has 0 amide bonds. The van der Waals surface area contributed by atoms with E-state index < -0.39 is 5.97 Å². The molecule has 0 aliphatic rings. The summed E-state index contributed by atoms with van der Waals surface area (Å²) in [5.74, 6) is -0.777. The van der Waals surface area contributed by atoms with Crippen molar-refractivity contribution in [2.45, 2.75) is 11.3 Å². The zero-order chi connectivity index (χ0) is 11.7. The highest BCUT2D eigenvalue weighted by Gasteiger charge is 1.97. The summed E-state index contributed by atoms with van der Waals surface area (Å²) in [6.07, 6.45) is 4.07. The summed E-state index contributed by atoms with van der Waals surface area (Å²) in [5.41, 5.74) is 0. The number of carboxylic acid groups (broad SMARTS) is 1. The summed E-state index contributed by atoms with van der Waals surface area (Å²) in [6, 6.07) is 1.97. The normalized spacial score (nSPS) is 9.13. The number of aromatic nitrogens is 1. The molecule has 0 saturated heterocycles. The van der Waals surface area contributed by atoms with Crippen molar-refractivity contribution in [3.8, 4) is 0 Å². The molecule has 1 aromatic rings. The second-order valence-electron chi connectivity index (χ2n) is 2.65. The Bertz CT molecular complexity index is 303. The first-order valence-corrected chi connectivity index (χ1v) is 4.90. The quantitative estimate of drug-likeness (QED) is 0.585. The number of nitrogens with zero attached hydrogens (tertiary/aromatic N) is 1. The number of aryl methyl sites for hydroxylation is 1. The van der Waals surface area contributed by atoms with Gasteiger partial charge in [0.05, 0.1) is 6.42 Å². The van der Waals surface area contributed by atoms with Crippen LogP contribution in [-0.4, -0.2) is 22.2 Å². The average molecular weight is 232 g/mol. The lowest BCUT2D eigenvalue weighted by atomic mass is 10.5. The van der Waals surface area contributed by atoms with Crippen LogP contribution in [-0.2, 0) is 11.8 Å². The minimum absolute atomic E-state index is 0.153. The summed E-state index contributed by atoms with van der Waals surface area (Å²) in [5, 5.41) is 8.36. The lowest BCUT2D eigenvalue weighted by molar-refractivity contribution is -0.136. The highest BCUT2D eigenvalue weighted by atomic mass is 32.2. The Morgan fingerprint density at radius 2 is 2.27 bits per heavy atom. The molecule has 1 aromatic heterocycles. The molecular formula is C8H12N2O4S. The number of aliphatic carboxylic acids is 1. The van der Waals surface area contributed by atoms with E-state index in [1.807, 2.05) is 30.1 Å². The Kier molecular flexibility index (Phi) is 7.29. The van der Waals surface area contributed by atoms with Crippen molar-refractivity contribution in [3.05, 3.63) is 28.4 Å². The van der Waals surface area contributed by atoms with Crippen LogP contribution < -0.4 is 4.72 Å². The highest BCUT2D eigenvalue weighted by Crippen LogP contribution is 2.13. The van der Waals surface area contributed by atoms with Gasteiger partial charge < -0.3 is 9.67 Å². The van der Waals surface area contributed by atoms with Crippen LogP contribution in [0.25, 0.3) is 0 Å². The maximum absolute atomic E-state index is 10.2. The van der Waals surface area contributed by atoms with Crippen molar-refractivity contribution >= 4 is 17.9 Å². The molecule has 0 unspecified atom stereocenters. The molecule has 15 heavy (non-hydrogen) atoms. The molecule has 0 radical (unpaired) electrons. The van der Waals surface area contributed by atoms with Gasteiger partial charge in [0.25, 0.3) is 0 Å². The molecule has 0 atom stereocenters. The van der Waals surface area contributed by atoms with Gasteiger partial charge in [-0.3, -0.25) is 9.52 Å². The number of hydrogen-bond donors (Lipinski definition) is 2. The van der Waals surface area contributed by atoms with E-state index in [4.69, 9.17) is 15.0 Å². The molecule has 0 bridgehead atoms. The molecule has 84 valence electrons. The van der Waals surface area contributed by atoms with Crippen LogP contribution in [0.5, 0.6) is 0 Å². The van der Waals surface area contributed by atoms with Crippen molar-refractivity contribution in [2.24, 2.45) is 7.05 Å². The summed E-state index contributed by atoms with van der Waals surface area (Å²) in [6.45, 7) is 0.481. The maximum Gasteiger partial charge on any atom is 0.304 e. The van der Waals surface area contributed by atoms with Gasteiger partial charge in [-0.15, -0.1) is 0 Å². The Morgan fingerprint density at radius 3 is 2.73 bits per heavy atom. The summed E-state index contributed by atoms with van der Waals surface area (Å²) < 4.78 is 4.91. The minimum atomic E-state index is -0.777. The number of hydrogen-bond acceptors (Lipinski definition) is 5. The van der Waals surface area contributed by atoms with Crippen molar-refractivity contribution in [1.29, 1.82) is 0 Å². The molecule has 0 fully saturated rings. The van der Waals surface area contributed by atoms with Crippen LogP contribution in [0.4, 0.5) is 0 Å². The second-order valence-corrected chi connectivity index (χ2v) is 3.62. The predicted octanol–water partition coefficient (Wildman–Crippen LogP) is 1.16. The third-order valence-corrected chi connectivity index (χ3v) is 2.26. The molecule has 6 nitrogen and oxygen atoms in total. The molecular weight excluding hydrogens is 220 g/mol. The fourth-order valence-electron chi connectivity index (χ4n) is 0.831. The smallest absolute Gasteiger partial charge is 0.304 e. The van der Waals surface area contributed by atoms with Gasteiger partial charge in [0.1, 0.15) is 0 Å². The number of carboxylic acids is 1. The summed E-state index contributed by atoms with van der Waals surface area (Å²) in [4.78, 5) is 25.3. The average Bonchev–Trinajstić information content (AvgIpc) is 2.62. The molecule has 2 N–H and O–H groups in total. The molecule has 1 heterocycles. The van der Waals surface area contributed by atoms with Crippen molar-refractivity contribution in [2.75, 3.05) is 6.54 Å². The predicted molar refractivity (Wildman–Crippen MR) is 58.3 cm³/mol. The van der Waals surface area contributed by atoms with Crippen LogP contribution in [0, 0.1) is 9.93 Å². The Balaban J connectivity index is 0.000000921. The van der Waals surface area contributed by atoms with Gasteiger partial charge in [0.2, 0.25) is 0 Å². The first-order chi connectivity index (χ1) is 7.18. The van der Waals surface area contributed by atoms with E-state index in [9.17, 15) is 4.79 Å². The van der Waals surface area contributed by atoms with Gasteiger partial charge in [-0.25, -0.2) is 0 Å². The second kappa shape index (κ2) is 8.01. The van der Waals surface area contributed by atoms with E-state index in [1.165, 1.54) is 11.9 Å². The molecule has 1 rings (SSSR count). The van der Waals surface area contributed by atoms with E-state index in [0.717, 1.165) is 4.90 Å². The third kappa shape index (κ3) is 6.69. The topological polar surface area (TPSA) is 88.4 Å². The lowest BCUT2D eigenvalue weighted by Crippen LogP contribution is -2.10. The van der Waals surface area contributed by atoms with Crippen LogP contribution in [0.3, 0.4) is 0 Å². The number of nitrogens with one attached hydrogen (secondary N) is 1. The van der Waals surface area contributed by atoms with E-state index >= 15 is 0 Å². The first-order valence-electron chi connectivity index (χ1n) is 4.08. The van der Waals surface area contributed by atoms with E-state index in [1.54, 1.807) is 0 Å². The Morgan fingerprint density at radius 1 is 1.60 bits per heavy atom. The van der Waals surface area contributed by atoms with Crippen LogP contribution >= 0.6 is 11.9 Å². The zero-order valence-electron chi connectivity index (χ0n) is 8.17. The molecule has 7 heteroatoms.